The van der Waals surface area contributed by atoms with Gasteiger partial charge in [0.05, 0.1) is 0 Å². The molecular formula is C22H32B2N3. The third-order valence-electron chi connectivity index (χ3n) is 5.59. The summed E-state index contributed by atoms with van der Waals surface area (Å²) in [4.78, 5) is 7.33. The SMILES string of the molecule is Cc1cc(C)c(N2[B]B(N(C)C)N(c3c(C)cc(C)cc3C)CC2)c(C)c1. The fourth-order valence-corrected chi connectivity index (χ4v) is 4.76. The zero-order valence-corrected chi connectivity index (χ0v) is 18.2. The summed E-state index contributed by atoms with van der Waals surface area (Å²) >= 11 is 0. The highest BCUT2D eigenvalue weighted by Gasteiger charge is 2.36. The maximum absolute atomic E-state index is 2.56. The Morgan fingerprint density at radius 3 is 1.63 bits per heavy atom. The molecule has 0 amide bonds. The van der Waals surface area contributed by atoms with Crippen LogP contribution in [0.15, 0.2) is 24.3 Å². The first-order valence-corrected chi connectivity index (χ1v) is 9.89. The van der Waals surface area contributed by atoms with E-state index in [0.29, 0.717) is 0 Å². The van der Waals surface area contributed by atoms with Gasteiger partial charge in [0, 0.05) is 24.5 Å². The van der Waals surface area contributed by atoms with Gasteiger partial charge in [0.1, 0.15) is 0 Å². The first-order chi connectivity index (χ1) is 12.7. The molecule has 5 heteroatoms. The Balaban J connectivity index is 1.96. The molecule has 0 N–H and O–H groups in total. The highest BCUT2D eigenvalue weighted by atomic mass is 15.2. The van der Waals surface area contributed by atoms with Crippen molar-refractivity contribution in [2.45, 2.75) is 41.5 Å². The fourth-order valence-electron chi connectivity index (χ4n) is 4.76. The van der Waals surface area contributed by atoms with Crippen molar-refractivity contribution < 1.29 is 0 Å². The molecule has 1 aliphatic heterocycles. The van der Waals surface area contributed by atoms with Crippen molar-refractivity contribution >= 4 is 25.6 Å². The smallest absolute Gasteiger partial charge is 0.321 e. The molecule has 27 heavy (non-hydrogen) atoms. The summed E-state index contributed by atoms with van der Waals surface area (Å²) in [5, 5.41) is 0. The minimum Gasteiger partial charge on any atom is -0.420 e. The predicted molar refractivity (Wildman–Crippen MR) is 121 cm³/mol. The van der Waals surface area contributed by atoms with E-state index in [1.807, 2.05) is 0 Å². The van der Waals surface area contributed by atoms with E-state index in [-0.39, 0.29) is 6.87 Å². The Morgan fingerprint density at radius 2 is 1.19 bits per heavy atom. The van der Waals surface area contributed by atoms with Crippen LogP contribution in [0.2, 0.25) is 0 Å². The van der Waals surface area contributed by atoms with Crippen LogP contribution in [0.25, 0.3) is 0 Å². The lowest BCUT2D eigenvalue weighted by Crippen LogP contribution is -2.65. The average molecular weight is 360 g/mol. The van der Waals surface area contributed by atoms with Gasteiger partial charge in [-0.25, -0.2) is 0 Å². The summed E-state index contributed by atoms with van der Waals surface area (Å²) < 4.78 is 0. The van der Waals surface area contributed by atoms with Gasteiger partial charge in [0.15, 0.2) is 0 Å². The number of hydrogen-bond acceptors (Lipinski definition) is 3. The fraction of sp³-hybridized carbons (Fsp3) is 0.455. The maximum atomic E-state index is 2.56. The summed E-state index contributed by atoms with van der Waals surface area (Å²) in [6, 6.07) is 9.19. The van der Waals surface area contributed by atoms with Crippen LogP contribution in [-0.4, -0.2) is 46.2 Å². The first-order valence-electron chi connectivity index (χ1n) is 9.89. The Morgan fingerprint density at radius 1 is 0.741 bits per heavy atom. The minimum absolute atomic E-state index is 0.235. The van der Waals surface area contributed by atoms with Crippen molar-refractivity contribution in [1.82, 2.24) is 4.81 Å². The molecule has 3 rings (SSSR count). The molecule has 1 heterocycles. The van der Waals surface area contributed by atoms with Gasteiger partial charge in [-0.2, -0.15) is 0 Å². The maximum Gasteiger partial charge on any atom is 0.321 e. The average Bonchev–Trinajstić information content (AvgIpc) is 2.53. The molecule has 1 fully saturated rings. The van der Waals surface area contributed by atoms with E-state index in [1.165, 1.54) is 44.8 Å². The number of hydrogen-bond donors (Lipinski definition) is 0. The van der Waals surface area contributed by atoms with Crippen LogP contribution in [0.5, 0.6) is 0 Å². The number of nitrogens with zero attached hydrogens (tertiary/aromatic N) is 3. The monoisotopic (exact) mass is 360 g/mol. The molecule has 0 unspecified atom stereocenters. The van der Waals surface area contributed by atoms with Gasteiger partial charge >= 0.3 is 6.87 Å². The van der Waals surface area contributed by atoms with E-state index < -0.39 is 0 Å². The molecule has 1 saturated heterocycles. The second-order valence-corrected chi connectivity index (χ2v) is 8.41. The molecule has 0 aromatic heterocycles. The molecule has 141 valence electrons. The topological polar surface area (TPSA) is 9.72 Å². The van der Waals surface area contributed by atoms with Crippen molar-refractivity contribution in [3.8, 4) is 0 Å². The molecule has 0 saturated carbocycles. The number of anilines is 2. The van der Waals surface area contributed by atoms with Gasteiger partial charge in [0.2, 0.25) is 0 Å². The van der Waals surface area contributed by atoms with Gasteiger partial charge in [-0.15, -0.1) is 0 Å². The van der Waals surface area contributed by atoms with Crippen LogP contribution < -0.4 is 9.62 Å². The molecule has 2 aromatic carbocycles. The Labute approximate surface area is 166 Å². The van der Waals surface area contributed by atoms with E-state index in [2.05, 4.69) is 102 Å². The van der Waals surface area contributed by atoms with Crippen LogP contribution >= 0.6 is 0 Å². The normalized spacial score (nSPS) is 14.8. The van der Waals surface area contributed by atoms with Crippen molar-refractivity contribution in [3.63, 3.8) is 0 Å². The van der Waals surface area contributed by atoms with Gasteiger partial charge < -0.3 is 14.4 Å². The lowest BCUT2D eigenvalue weighted by molar-refractivity contribution is 0.638. The van der Waals surface area contributed by atoms with Gasteiger partial charge in [-0.1, -0.05) is 35.4 Å². The quantitative estimate of drug-likeness (QED) is 0.766. The largest absolute Gasteiger partial charge is 0.420 e. The highest BCUT2D eigenvalue weighted by Crippen LogP contribution is 2.32. The number of aryl methyl sites for hydroxylation is 6. The molecule has 0 spiro atoms. The molecule has 3 nitrogen and oxygen atoms in total. The van der Waals surface area contributed by atoms with Crippen molar-refractivity contribution in [1.29, 1.82) is 0 Å². The molecule has 1 radical (unpaired) electrons. The number of rotatable bonds is 3. The predicted octanol–water partition coefficient (Wildman–Crippen LogP) is 4.03. The zero-order chi connectivity index (χ0) is 19.9. The number of benzene rings is 2. The second kappa shape index (κ2) is 7.63. The molecule has 0 bridgehead atoms. The van der Waals surface area contributed by atoms with E-state index in [4.69, 9.17) is 0 Å². The molecule has 2 aromatic rings. The minimum atomic E-state index is 0.235. The Kier molecular flexibility index (Phi) is 5.62. The molecular weight excluding hydrogens is 328 g/mol. The van der Waals surface area contributed by atoms with E-state index in [1.54, 1.807) is 0 Å². The summed E-state index contributed by atoms with van der Waals surface area (Å²) in [5.41, 5.74) is 10.9. The summed E-state index contributed by atoms with van der Waals surface area (Å²) in [5.74, 6) is 0. The standard InChI is InChI=1S/C22H32B2N3/c1-15-11-17(3)21(18(4)12-15)26-9-10-27(24(23-26)25(7)8)22-19(5)13-16(2)14-20(22)6/h11-14H,9-10H2,1-8H3. The molecule has 1 aliphatic rings. The Bertz CT molecular complexity index is 801. The lowest BCUT2D eigenvalue weighted by Gasteiger charge is -2.45. The van der Waals surface area contributed by atoms with Crippen LogP contribution in [0.1, 0.15) is 33.4 Å². The second-order valence-electron chi connectivity index (χ2n) is 8.41. The highest BCUT2D eigenvalue weighted by molar-refractivity contribution is 7.14. The van der Waals surface area contributed by atoms with Crippen molar-refractivity contribution in [2.24, 2.45) is 0 Å². The lowest BCUT2D eigenvalue weighted by atomic mass is 9.39. The van der Waals surface area contributed by atoms with E-state index in [0.717, 1.165) is 13.1 Å². The van der Waals surface area contributed by atoms with Crippen molar-refractivity contribution in [2.75, 3.05) is 36.8 Å². The Hall–Kier alpha value is -1.87. The summed E-state index contributed by atoms with van der Waals surface area (Å²) in [7, 11) is 6.74. The first kappa shape index (κ1) is 19.9. The summed E-state index contributed by atoms with van der Waals surface area (Å²) in [6.45, 7) is 15.5. The van der Waals surface area contributed by atoms with Crippen LogP contribution in [-0.2, 0) is 0 Å². The van der Waals surface area contributed by atoms with Gasteiger partial charge in [-0.05, 0) is 77.9 Å². The van der Waals surface area contributed by atoms with Crippen LogP contribution in [0, 0.1) is 41.5 Å². The van der Waals surface area contributed by atoms with E-state index in [9.17, 15) is 0 Å². The zero-order valence-electron chi connectivity index (χ0n) is 18.2. The molecule has 0 aliphatic carbocycles. The van der Waals surface area contributed by atoms with Crippen molar-refractivity contribution in [3.05, 3.63) is 57.6 Å². The van der Waals surface area contributed by atoms with Gasteiger partial charge in [-0.3, -0.25) is 0 Å². The summed E-state index contributed by atoms with van der Waals surface area (Å²) in [6.07, 6.45) is 0. The third kappa shape index (κ3) is 3.89. The third-order valence-corrected chi connectivity index (χ3v) is 5.59. The van der Waals surface area contributed by atoms with Crippen LogP contribution in [0.4, 0.5) is 11.4 Å². The molecule has 0 atom stereocenters. The van der Waals surface area contributed by atoms with Crippen LogP contribution in [0.3, 0.4) is 0 Å². The van der Waals surface area contributed by atoms with Gasteiger partial charge in [0.25, 0.3) is 7.31 Å². The van der Waals surface area contributed by atoms with E-state index >= 15 is 0 Å².